The zero-order valence-electron chi connectivity index (χ0n) is 5.14. The average molecular weight is 149 g/mol. The van der Waals surface area contributed by atoms with Crippen LogP contribution in [0.1, 0.15) is 12.4 Å². The van der Waals surface area contributed by atoms with E-state index in [-0.39, 0.29) is 10.5 Å². The van der Waals surface area contributed by atoms with E-state index in [9.17, 15) is 13.6 Å². The molecule has 1 aromatic rings. The van der Waals surface area contributed by atoms with E-state index >= 15 is 0 Å². The molecule has 56 valence electrons. The van der Waals surface area contributed by atoms with Gasteiger partial charge in [0.1, 0.15) is 5.82 Å². The van der Waals surface area contributed by atoms with E-state index in [1.54, 1.807) is 0 Å². The molecular formula is C4H5F2N3O. The first-order valence-corrected chi connectivity index (χ1v) is 2.55. The Kier molecular flexibility index (Phi) is 1.52. The van der Waals surface area contributed by atoms with Gasteiger partial charge >= 0.3 is 12.2 Å². The largest absolute Gasteiger partial charge is 0.348 e. The predicted molar refractivity (Wildman–Crippen MR) is 28.8 cm³/mol. The Morgan fingerprint density at radius 1 is 1.70 bits per heavy atom. The standard InChI is InChI=1S/C4H5F2N3O/c1-2-7-4(10)9(8-2)3(5)6/h3H,1H3,(H,7,8,10). The van der Waals surface area contributed by atoms with Gasteiger partial charge in [0.2, 0.25) is 0 Å². The van der Waals surface area contributed by atoms with Crippen LogP contribution in [0.2, 0.25) is 0 Å². The maximum atomic E-state index is 11.7. The number of aromatic amines is 1. The van der Waals surface area contributed by atoms with Gasteiger partial charge in [0.25, 0.3) is 0 Å². The molecule has 0 radical (unpaired) electrons. The van der Waals surface area contributed by atoms with Gasteiger partial charge in [0.15, 0.2) is 0 Å². The lowest BCUT2D eigenvalue weighted by Crippen LogP contribution is -2.18. The summed E-state index contributed by atoms with van der Waals surface area (Å²) in [5, 5.41) is 3.21. The van der Waals surface area contributed by atoms with E-state index in [0.29, 0.717) is 0 Å². The van der Waals surface area contributed by atoms with Crippen molar-refractivity contribution in [1.29, 1.82) is 0 Å². The van der Waals surface area contributed by atoms with Gasteiger partial charge in [0, 0.05) is 0 Å². The van der Waals surface area contributed by atoms with Crippen molar-refractivity contribution in [3.05, 3.63) is 16.3 Å². The van der Waals surface area contributed by atoms with Crippen molar-refractivity contribution >= 4 is 0 Å². The molecule has 0 amide bonds. The lowest BCUT2D eigenvalue weighted by Gasteiger charge is -1.91. The summed E-state index contributed by atoms with van der Waals surface area (Å²) in [4.78, 5) is 12.6. The van der Waals surface area contributed by atoms with Crippen molar-refractivity contribution < 1.29 is 8.78 Å². The third-order valence-corrected chi connectivity index (χ3v) is 0.939. The van der Waals surface area contributed by atoms with Crippen LogP contribution in [0.15, 0.2) is 4.79 Å². The highest BCUT2D eigenvalue weighted by Crippen LogP contribution is 2.02. The Morgan fingerprint density at radius 3 is 2.50 bits per heavy atom. The summed E-state index contributed by atoms with van der Waals surface area (Å²) < 4.78 is 23.5. The van der Waals surface area contributed by atoms with Crippen LogP contribution in [-0.4, -0.2) is 14.8 Å². The molecule has 0 unspecified atom stereocenters. The second kappa shape index (κ2) is 2.20. The third-order valence-electron chi connectivity index (χ3n) is 0.939. The number of hydrogen-bond donors (Lipinski definition) is 1. The van der Waals surface area contributed by atoms with Crippen molar-refractivity contribution in [3.8, 4) is 0 Å². The van der Waals surface area contributed by atoms with Gasteiger partial charge in [-0.3, -0.25) is 4.98 Å². The van der Waals surface area contributed by atoms with Gasteiger partial charge in [-0.2, -0.15) is 13.9 Å². The summed E-state index contributed by atoms with van der Waals surface area (Å²) in [6, 6.07) is 0. The third kappa shape index (κ3) is 1.04. The molecule has 1 N–H and O–H groups in total. The highest BCUT2D eigenvalue weighted by molar-refractivity contribution is 4.75. The molecule has 6 heteroatoms. The monoisotopic (exact) mass is 149 g/mol. The fraction of sp³-hybridized carbons (Fsp3) is 0.500. The highest BCUT2D eigenvalue weighted by Gasteiger charge is 2.10. The van der Waals surface area contributed by atoms with Crippen molar-refractivity contribution in [2.45, 2.75) is 13.5 Å². The minimum Gasteiger partial charge on any atom is -0.293 e. The van der Waals surface area contributed by atoms with Crippen LogP contribution in [0.4, 0.5) is 8.78 Å². The Hall–Kier alpha value is -1.20. The number of aromatic nitrogens is 3. The number of aryl methyl sites for hydroxylation is 1. The number of nitrogens with zero attached hydrogens (tertiary/aromatic N) is 2. The van der Waals surface area contributed by atoms with Crippen molar-refractivity contribution in [3.63, 3.8) is 0 Å². The molecule has 1 heterocycles. The van der Waals surface area contributed by atoms with Crippen LogP contribution >= 0.6 is 0 Å². The SMILES string of the molecule is Cc1nn(C(F)F)c(=O)[nH]1. The lowest BCUT2D eigenvalue weighted by atomic mass is 10.8. The van der Waals surface area contributed by atoms with Gasteiger partial charge in [-0.05, 0) is 6.92 Å². The molecule has 1 rings (SSSR count). The maximum absolute atomic E-state index is 11.7. The quantitative estimate of drug-likeness (QED) is 0.623. The van der Waals surface area contributed by atoms with Gasteiger partial charge in [-0.25, -0.2) is 4.79 Å². The molecule has 0 saturated heterocycles. The van der Waals surface area contributed by atoms with Gasteiger partial charge < -0.3 is 0 Å². The van der Waals surface area contributed by atoms with Crippen molar-refractivity contribution in [2.75, 3.05) is 0 Å². The zero-order valence-corrected chi connectivity index (χ0v) is 5.14. The number of rotatable bonds is 1. The first kappa shape index (κ1) is 6.91. The van der Waals surface area contributed by atoms with Crippen LogP contribution < -0.4 is 5.69 Å². The molecule has 0 aliphatic rings. The topological polar surface area (TPSA) is 50.7 Å². The number of nitrogens with one attached hydrogen (secondary N) is 1. The Balaban J connectivity index is 3.16. The molecule has 1 aromatic heterocycles. The second-order valence-corrected chi connectivity index (χ2v) is 1.74. The normalized spacial score (nSPS) is 10.8. The second-order valence-electron chi connectivity index (χ2n) is 1.74. The minimum atomic E-state index is -2.86. The molecule has 0 atom stereocenters. The van der Waals surface area contributed by atoms with E-state index in [1.165, 1.54) is 6.92 Å². The van der Waals surface area contributed by atoms with E-state index in [0.717, 1.165) is 0 Å². The fourth-order valence-corrected chi connectivity index (χ4v) is 0.576. The lowest BCUT2D eigenvalue weighted by molar-refractivity contribution is 0.0523. The summed E-state index contributed by atoms with van der Waals surface area (Å²) in [5.41, 5.74) is -0.882. The van der Waals surface area contributed by atoms with Crippen LogP contribution in [0.3, 0.4) is 0 Å². The number of alkyl halides is 2. The molecule has 4 nitrogen and oxygen atoms in total. The molecule has 0 aromatic carbocycles. The van der Waals surface area contributed by atoms with Crippen LogP contribution in [0.5, 0.6) is 0 Å². The predicted octanol–water partition coefficient (Wildman–Crippen LogP) is 0.275. The number of halogens is 2. The van der Waals surface area contributed by atoms with E-state index in [2.05, 4.69) is 10.1 Å². The molecule has 10 heavy (non-hydrogen) atoms. The first-order valence-electron chi connectivity index (χ1n) is 2.55. The van der Waals surface area contributed by atoms with Gasteiger partial charge in [-0.15, -0.1) is 4.68 Å². The maximum Gasteiger partial charge on any atom is 0.348 e. The first-order chi connectivity index (χ1) is 4.61. The molecule has 0 aliphatic heterocycles. The van der Waals surface area contributed by atoms with Gasteiger partial charge in [0.05, 0.1) is 0 Å². The summed E-state index contributed by atoms with van der Waals surface area (Å²) >= 11 is 0. The van der Waals surface area contributed by atoms with E-state index in [4.69, 9.17) is 0 Å². The zero-order chi connectivity index (χ0) is 7.72. The molecule has 0 bridgehead atoms. The number of hydrogen-bond acceptors (Lipinski definition) is 2. The smallest absolute Gasteiger partial charge is 0.293 e. The van der Waals surface area contributed by atoms with Gasteiger partial charge in [-0.1, -0.05) is 0 Å². The van der Waals surface area contributed by atoms with Crippen molar-refractivity contribution in [2.24, 2.45) is 0 Å². The summed E-state index contributed by atoms with van der Waals surface area (Å²) in [6.45, 7) is -1.43. The molecular weight excluding hydrogens is 144 g/mol. The summed E-state index contributed by atoms with van der Waals surface area (Å²) in [7, 11) is 0. The molecule has 0 saturated carbocycles. The number of H-pyrrole nitrogens is 1. The average Bonchev–Trinajstić information content (AvgIpc) is 2.10. The van der Waals surface area contributed by atoms with Crippen molar-refractivity contribution in [1.82, 2.24) is 14.8 Å². The van der Waals surface area contributed by atoms with E-state index in [1.807, 2.05) is 0 Å². The minimum absolute atomic E-state index is 0.0926. The summed E-state index contributed by atoms with van der Waals surface area (Å²) in [6.07, 6.45) is 0. The Bertz CT molecular complexity index is 276. The van der Waals surface area contributed by atoms with Crippen LogP contribution in [-0.2, 0) is 0 Å². The highest BCUT2D eigenvalue weighted by atomic mass is 19.3. The molecule has 0 spiro atoms. The van der Waals surface area contributed by atoms with Crippen LogP contribution in [0, 0.1) is 6.92 Å². The molecule has 0 fully saturated rings. The Morgan fingerprint density at radius 2 is 2.30 bits per heavy atom. The summed E-state index contributed by atoms with van der Waals surface area (Å²) in [5.74, 6) is 0.185. The Labute approximate surface area is 54.5 Å². The molecule has 0 aliphatic carbocycles. The van der Waals surface area contributed by atoms with Crippen LogP contribution in [0.25, 0.3) is 0 Å². The fourth-order valence-electron chi connectivity index (χ4n) is 0.576. The van der Waals surface area contributed by atoms with E-state index < -0.39 is 12.2 Å².